The molecular weight excluding hydrogens is 412 g/mol. The van der Waals surface area contributed by atoms with Gasteiger partial charge >= 0.3 is 5.97 Å². The quantitative estimate of drug-likeness (QED) is 0.455. The van der Waals surface area contributed by atoms with Crippen molar-refractivity contribution in [2.24, 2.45) is 0 Å². The summed E-state index contributed by atoms with van der Waals surface area (Å²) in [7, 11) is 1.43. The van der Waals surface area contributed by atoms with Gasteiger partial charge in [-0.1, -0.05) is 5.16 Å². The Labute approximate surface area is 176 Å². The van der Waals surface area contributed by atoms with Crippen molar-refractivity contribution in [2.45, 2.75) is 32.6 Å². The average Bonchev–Trinajstić information content (AvgIpc) is 3.30. The maximum absolute atomic E-state index is 11.8. The normalized spacial score (nSPS) is 12.0. The summed E-state index contributed by atoms with van der Waals surface area (Å²) in [6, 6.07) is 1.30. The standard InChI is InChI=1S/C19H22N4O6S/c1-9-6-28-19(20-9)22-13(17-21-11(3)23-29-17)8-30-7-12-14(24)5-15(27-4)10(2)16(12)18(25)26/h5-6,13,24H,7-8H2,1-4H3,(H,20,22)(H,25,26)/t13-/m0/s1. The van der Waals surface area contributed by atoms with Gasteiger partial charge in [0.25, 0.3) is 6.01 Å². The third kappa shape index (κ3) is 4.67. The third-order valence-corrected chi connectivity index (χ3v) is 5.41. The number of benzene rings is 1. The van der Waals surface area contributed by atoms with Crippen LogP contribution in [0.25, 0.3) is 0 Å². The number of carboxylic acids is 1. The minimum Gasteiger partial charge on any atom is -0.507 e. The number of rotatable bonds is 9. The Kier molecular flexibility index (Phi) is 6.50. The first-order valence-electron chi connectivity index (χ1n) is 8.99. The highest BCUT2D eigenvalue weighted by Gasteiger charge is 2.24. The van der Waals surface area contributed by atoms with Gasteiger partial charge in [0.15, 0.2) is 5.82 Å². The van der Waals surface area contributed by atoms with Crippen LogP contribution in [0.15, 0.2) is 21.3 Å². The smallest absolute Gasteiger partial charge is 0.336 e. The second-order valence-corrected chi connectivity index (χ2v) is 7.60. The molecule has 0 aliphatic carbocycles. The summed E-state index contributed by atoms with van der Waals surface area (Å²) in [6.07, 6.45) is 1.52. The number of aromatic nitrogens is 3. The molecular formula is C19H22N4O6S. The minimum atomic E-state index is -1.13. The number of nitrogens with zero attached hydrogens (tertiary/aromatic N) is 3. The molecule has 0 unspecified atom stereocenters. The lowest BCUT2D eigenvalue weighted by molar-refractivity contribution is 0.0694. The zero-order valence-corrected chi connectivity index (χ0v) is 17.7. The van der Waals surface area contributed by atoms with Crippen molar-refractivity contribution in [2.75, 3.05) is 18.2 Å². The molecule has 0 bridgehead atoms. The number of aromatic hydroxyl groups is 1. The zero-order chi connectivity index (χ0) is 21.8. The predicted octanol–water partition coefficient (Wildman–Crippen LogP) is 3.48. The first-order chi connectivity index (χ1) is 14.3. The van der Waals surface area contributed by atoms with Gasteiger partial charge in [-0.3, -0.25) is 0 Å². The van der Waals surface area contributed by atoms with Gasteiger partial charge in [-0.2, -0.15) is 21.7 Å². The number of aromatic carboxylic acids is 1. The molecule has 11 heteroatoms. The molecule has 0 aliphatic heterocycles. The van der Waals surface area contributed by atoms with Gasteiger partial charge in [0.05, 0.1) is 18.4 Å². The average molecular weight is 434 g/mol. The third-order valence-electron chi connectivity index (χ3n) is 4.35. The van der Waals surface area contributed by atoms with E-state index < -0.39 is 12.0 Å². The first kappa shape index (κ1) is 21.5. The van der Waals surface area contributed by atoms with E-state index in [0.29, 0.717) is 40.4 Å². The van der Waals surface area contributed by atoms with E-state index in [9.17, 15) is 15.0 Å². The van der Waals surface area contributed by atoms with E-state index in [0.717, 1.165) is 5.69 Å². The lowest BCUT2D eigenvalue weighted by atomic mass is 10.0. The molecule has 0 spiro atoms. The molecule has 3 aromatic rings. The summed E-state index contributed by atoms with van der Waals surface area (Å²) in [4.78, 5) is 20.3. The molecule has 10 nitrogen and oxygen atoms in total. The molecule has 3 rings (SSSR count). The van der Waals surface area contributed by atoms with E-state index in [-0.39, 0.29) is 17.1 Å². The molecule has 1 aromatic carbocycles. The summed E-state index contributed by atoms with van der Waals surface area (Å²) >= 11 is 1.39. The number of hydrogen-bond donors (Lipinski definition) is 3. The first-order valence-corrected chi connectivity index (χ1v) is 10.1. The molecule has 0 aliphatic rings. The Balaban J connectivity index is 1.79. The zero-order valence-electron chi connectivity index (χ0n) is 16.9. The van der Waals surface area contributed by atoms with Gasteiger partial charge in [-0.25, -0.2) is 4.79 Å². The molecule has 3 N–H and O–H groups in total. The fourth-order valence-electron chi connectivity index (χ4n) is 2.92. The number of phenols is 1. The highest BCUT2D eigenvalue weighted by Crippen LogP contribution is 2.36. The number of carbonyl (C=O) groups is 1. The van der Waals surface area contributed by atoms with Crippen molar-refractivity contribution in [1.29, 1.82) is 0 Å². The number of nitrogens with one attached hydrogen (secondary N) is 1. The van der Waals surface area contributed by atoms with Crippen molar-refractivity contribution >= 4 is 23.7 Å². The summed E-state index contributed by atoms with van der Waals surface area (Å²) < 4.78 is 15.8. The van der Waals surface area contributed by atoms with Gasteiger partial charge < -0.3 is 29.2 Å². The second-order valence-electron chi connectivity index (χ2n) is 6.57. The number of anilines is 1. The Bertz CT molecular complexity index is 1050. The lowest BCUT2D eigenvalue weighted by Gasteiger charge is -2.16. The summed E-state index contributed by atoms with van der Waals surface area (Å²) in [5.74, 6) is 0.560. The van der Waals surface area contributed by atoms with Crippen LogP contribution in [0.4, 0.5) is 6.01 Å². The predicted molar refractivity (Wildman–Crippen MR) is 109 cm³/mol. The van der Waals surface area contributed by atoms with Crippen LogP contribution in [-0.4, -0.2) is 44.2 Å². The van der Waals surface area contributed by atoms with E-state index in [2.05, 4.69) is 20.4 Å². The van der Waals surface area contributed by atoms with Gasteiger partial charge in [0.2, 0.25) is 5.89 Å². The molecule has 0 amide bonds. The maximum Gasteiger partial charge on any atom is 0.336 e. The number of hydrogen-bond acceptors (Lipinski definition) is 10. The topological polar surface area (TPSA) is 144 Å². The lowest BCUT2D eigenvalue weighted by Crippen LogP contribution is -2.15. The number of oxazole rings is 1. The number of phenolic OH excluding ortho intramolecular Hbond substituents is 1. The largest absolute Gasteiger partial charge is 0.507 e. The molecule has 1 atom stereocenters. The molecule has 0 fully saturated rings. The number of carboxylic acid groups (broad SMARTS) is 1. The van der Waals surface area contributed by atoms with Crippen molar-refractivity contribution in [3.05, 3.63) is 46.4 Å². The summed E-state index contributed by atoms with van der Waals surface area (Å²) in [6.45, 7) is 5.16. The number of methoxy groups -OCH3 is 1. The van der Waals surface area contributed by atoms with Crippen LogP contribution in [0.1, 0.15) is 44.9 Å². The van der Waals surface area contributed by atoms with Crippen LogP contribution >= 0.6 is 11.8 Å². The summed E-state index contributed by atoms with van der Waals surface area (Å²) in [5, 5.41) is 26.9. The number of thioether (sulfide) groups is 1. The van der Waals surface area contributed by atoms with E-state index in [1.807, 2.05) is 0 Å². The van der Waals surface area contributed by atoms with Gasteiger partial charge in [0, 0.05) is 28.7 Å². The Morgan fingerprint density at radius 2 is 2.10 bits per heavy atom. The molecule has 30 heavy (non-hydrogen) atoms. The molecule has 0 saturated heterocycles. The maximum atomic E-state index is 11.8. The van der Waals surface area contributed by atoms with Crippen LogP contribution in [0.2, 0.25) is 0 Å². The second kappa shape index (κ2) is 9.08. The molecule has 0 radical (unpaired) electrons. The van der Waals surface area contributed by atoms with Crippen molar-refractivity contribution in [3.63, 3.8) is 0 Å². The molecule has 2 aromatic heterocycles. The van der Waals surface area contributed by atoms with E-state index >= 15 is 0 Å². The van der Waals surface area contributed by atoms with Crippen molar-refractivity contribution < 1.29 is 28.7 Å². The number of aryl methyl sites for hydroxylation is 2. The van der Waals surface area contributed by atoms with Crippen LogP contribution < -0.4 is 10.1 Å². The molecule has 2 heterocycles. The number of ether oxygens (including phenoxy) is 1. The van der Waals surface area contributed by atoms with Crippen LogP contribution in [0, 0.1) is 20.8 Å². The molecule has 0 saturated carbocycles. The van der Waals surface area contributed by atoms with Crippen LogP contribution in [-0.2, 0) is 5.75 Å². The van der Waals surface area contributed by atoms with E-state index in [1.165, 1.54) is 31.2 Å². The highest BCUT2D eigenvalue weighted by atomic mass is 32.2. The highest BCUT2D eigenvalue weighted by molar-refractivity contribution is 7.98. The van der Waals surface area contributed by atoms with Gasteiger partial charge in [-0.05, 0) is 20.8 Å². The summed E-state index contributed by atoms with van der Waals surface area (Å²) in [5.41, 5.74) is 1.52. The molecule has 160 valence electrons. The fourth-order valence-corrected chi connectivity index (χ4v) is 4.00. The Morgan fingerprint density at radius 3 is 2.67 bits per heavy atom. The van der Waals surface area contributed by atoms with Crippen molar-refractivity contribution in [1.82, 2.24) is 15.1 Å². The van der Waals surface area contributed by atoms with Gasteiger partial charge in [0.1, 0.15) is 23.8 Å². The van der Waals surface area contributed by atoms with E-state index in [1.54, 1.807) is 20.8 Å². The van der Waals surface area contributed by atoms with Gasteiger partial charge in [-0.15, -0.1) is 0 Å². The minimum absolute atomic E-state index is 0.0285. The Morgan fingerprint density at radius 1 is 1.33 bits per heavy atom. The SMILES string of the molecule is COc1cc(O)c(CSC[C@H](Nc2nc(C)co2)c2nc(C)no2)c(C(=O)O)c1C. The van der Waals surface area contributed by atoms with Crippen LogP contribution in [0.5, 0.6) is 11.5 Å². The monoisotopic (exact) mass is 434 g/mol. The fraction of sp³-hybridized carbons (Fsp3) is 0.368. The van der Waals surface area contributed by atoms with E-state index in [4.69, 9.17) is 13.7 Å². The van der Waals surface area contributed by atoms with Crippen molar-refractivity contribution in [3.8, 4) is 11.5 Å². The Hall–Kier alpha value is -3.21. The van der Waals surface area contributed by atoms with Crippen LogP contribution in [0.3, 0.4) is 0 Å².